The summed E-state index contributed by atoms with van der Waals surface area (Å²) in [5.74, 6) is -0.705. The molecule has 0 spiro atoms. The third-order valence-corrected chi connectivity index (χ3v) is 7.37. The first kappa shape index (κ1) is 17.8. The molecule has 0 aliphatic heterocycles. The Balaban J connectivity index is 3.19. The van der Waals surface area contributed by atoms with Gasteiger partial charge in [0.2, 0.25) is 0 Å². The van der Waals surface area contributed by atoms with Crippen molar-refractivity contribution in [2.75, 3.05) is 10.5 Å². The van der Waals surface area contributed by atoms with Crippen molar-refractivity contribution in [3.63, 3.8) is 0 Å². The molecule has 0 radical (unpaired) electrons. The van der Waals surface area contributed by atoms with E-state index in [4.69, 9.17) is 0 Å². The van der Waals surface area contributed by atoms with Crippen LogP contribution in [0.5, 0.6) is 0 Å². The van der Waals surface area contributed by atoms with Crippen LogP contribution in [0.15, 0.2) is 30.3 Å². The Morgan fingerprint density at radius 1 is 1.10 bits per heavy atom. The van der Waals surface area contributed by atoms with Crippen LogP contribution in [0.4, 0.5) is 18.9 Å². The Morgan fingerprint density at radius 2 is 1.62 bits per heavy atom. The minimum absolute atomic E-state index is 0.00372. The van der Waals surface area contributed by atoms with Gasteiger partial charge >= 0.3 is 6.18 Å². The van der Waals surface area contributed by atoms with E-state index in [2.05, 4.69) is 0 Å². The van der Waals surface area contributed by atoms with Crippen molar-refractivity contribution >= 4 is 25.5 Å². The second-order valence-corrected chi connectivity index (χ2v) is 8.85. The zero-order chi connectivity index (χ0) is 16.3. The van der Waals surface area contributed by atoms with Gasteiger partial charge in [0.05, 0.1) is 6.42 Å². The van der Waals surface area contributed by atoms with Crippen molar-refractivity contribution < 1.29 is 30.0 Å². The highest BCUT2D eigenvalue weighted by Gasteiger charge is 2.45. The molecule has 120 valence electrons. The molecule has 0 amide bonds. The predicted molar refractivity (Wildman–Crippen MR) is 72.9 cm³/mol. The lowest BCUT2D eigenvalue weighted by atomic mass is 10.3. The van der Waals surface area contributed by atoms with Gasteiger partial charge in [-0.3, -0.25) is 4.72 Å². The molecule has 1 aromatic carbocycles. The Kier molecular flexibility index (Phi) is 5.26. The van der Waals surface area contributed by atoms with Crippen molar-refractivity contribution in [1.29, 1.82) is 0 Å². The zero-order valence-electron chi connectivity index (χ0n) is 11.0. The molecule has 1 rings (SSSR count). The molecule has 0 aliphatic carbocycles. The summed E-state index contributed by atoms with van der Waals surface area (Å²) in [6.45, 7) is 1.09. The largest absolute Gasteiger partial charge is 0.391 e. The number of hydrogen-bond acceptors (Lipinski definition) is 4. The van der Waals surface area contributed by atoms with Gasteiger partial charge in [0, 0.05) is 11.4 Å². The lowest BCUT2D eigenvalue weighted by molar-refractivity contribution is -0.131. The van der Waals surface area contributed by atoms with Gasteiger partial charge in [-0.15, -0.1) is 0 Å². The summed E-state index contributed by atoms with van der Waals surface area (Å²) < 4.78 is 84.1. The van der Waals surface area contributed by atoms with E-state index in [1.807, 2.05) is 4.72 Å². The fourth-order valence-electron chi connectivity index (χ4n) is 1.54. The van der Waals surface area contributed by atoms with Crippen molar-refractivity contribution in [3.05, 3.63) is 30.3 Å². The molecule has 0 aromatic heterocycles. The number of sulfonamides is 1. The predicted octanol–water partition coefficient (Wildman–Crippen LogP) is 2.14. The molecule has 0 fully saturated rings. The molecule has 1 atom stereocenters. The number of para-hydroxylation sites is 1. The molecule has 0 heterocycles. The Bertz CT molecular complexity index is 669. The van der Waals surface area contributed by atoms with Crippen molar-refractivity contribution in [3.8, 4) is 0 Å². The molecule has 1 aromatic rings. The molecule has 0 saturated carbocycles. The third-order valence-electron chi connectivity index (χ3n) is 2.58. The normalized spacial score (nSPS) is 14.7. The van der Waals surface area contributed by atoms with Crippen molar-refractivity contribution in [1.82, 2.24) is 0 Å². The second-order valence-electron chi connectivity index (χ2n) is 4.21. The average molecular weight is 345 g/mol. The van der Waals surface area contributed by atoms with Crippen LogP contribution >= 0.6 is 0 Å². The summed E-state index contributed by atoms with van der Waals surface area (Å²) in [5, 5.41) is 0. The summed E-state index contributed by atoms with van der Waals surface area (Å²) in [6.07, 6.45) is -6.87. The smallest absolute Gasteiger partial charge is 0.282 e. The van der Waals surface area contributed by atoms with E-state index < -0.39 is 42.8 Å². The van der Waals surface area contributed by atoms with E-state index in [0.29, 0.717) is 0 Å². The van der Waals surface area contributed by atoms with E-state index in [9.17, 15) is 30.0 Å². The number of hydrogen-bond donors (Lipinski definition) is 1. The van der Waals surface area contributed by atoms with E-state index in [0.717, 1.165) is 6.92 Å². The van der Waals surface area contributed by atoms with Crippen molar-refractivity contribution in [2.45, 2.75) is 24.1 Å². The lowest BCUT2D eigenvalue weighted by Crippen LogP contribution is -2.39. The molecular weight excluding hydrogens is 331 g/mol. The molecule has 0 aliphatic rings. The highest BCUT2D eigenvalue weighted by molar-refractivity contribution is 8.09. The van der Waals surface area contributed by atoms with Gasteiger partial charge in [-0.1, -0.05) is 25.1 Å². The second kappa shape index (κ2) is 6.22. The van der Waals surface area contributed by atoms with Gasteiger partial charge in [-0.2, -0.15) is 13.2 Å². The SMILES string of the molecule is CCS(=O)(=O)C(CC(F)(F)F)S(=O)(=O)Nc1ccccc1. The number of sulfone groups is 1. The maximum Gasteiger partial charge on any atom is 0.391 e. The standard InChI is InChI=1S/C11H14F3NO4S2/c1-2-20(16,17)10(8-11(12,13)14)21(18,19)15-9-6-4-3-5-7-9/h3-7,10,15H,2,8H2,1H3. The Hall–Kier alpha value is -1.29. The van der Waals surface area contributed by atoms with Crippen LogP contribution in [0.1, 0.15) is 13.3 Å². The maximum absolute atomic E-state index is 12.5. The highest BCUT2D eigenvalue weighted by Crippen LogP contribution is 2.29. The van der Waals surface area contributed by atoms with Gasteiger partial charge in [-0.05, 0) is 12.1 Å². The summed E-state index contributed by atoms with van der Waals surface area (Å²) in [5.41, 5.74) is -0.00372. The van der Waals surface area contributed by atoms with Crippen LogP contribution in [0, 0.1) is 0 Å². The van der Waals surface area contributed by atoms with Gasteiger partial charge < -0.3 is 0 Å². The molecule has 10 heteroatoms. The van der Waals surface area contributed by atoms with E-state index in [1.165, 1.54) is 24.3 Å². The minimum Gasteiger partial charge on any atom is -0.282 e. The van der Waals surface area contributed by atoms with Crippen LogP contribution in [0.3, 0.4) is 0 Å². The van der Waals surface area contributed by atoms with Crippen LogP contribution in [0.2, 0.25) is 0 Å². The quantitative estimate of drug-likeness (QED) is 0.857. The van der Waals surface area contributed by atoms with Gasteiger partial charge in [0.15, 0.2) is 14.4 Å². The molecule has 1 N–H and O–H groups in total. The number of halogens is 3. The molecular formula is C11H14F3NO4S2. The molecule has 21 heavy (non-hydrogen) atoms. The Morgan fingerprint density at radius 3 is 2.05 bits per heavy atom. The molecule has 0 bridgehead atoms. The molecule has 5 nitrogen and oxygen atoms in total. The van der Waals surface area contributed by atoms with Crippen LogP contribution in [-0.2, 0) is 19.9 Å². The van der Waals surface area contributed by atoms with E-state index in [-0.39, 0.29) is 5.69 Å². The van der Waals surface area contributed by atoms with Gasteiger partial charge in [0.1, 0.15) is 0 Å². The maximum atomic E-state index is 12.5. The fourth-order valence-corrected chi connectivity index (χ4v) is 5.46. The summed E-state index contributed by atoms with van der Waals surface area (Å²) in [6, 6.07) is 7.12. The highest BCUT2D eigenvalue weighted by atomic mass is 32.3. The number of benzene rings is 1. The molecule has 0 saturated heterocycles. The first-order valence-corrected chi connectivity index (χ1v) is 9.09. The van der Waals surface area contributed by atoms with E-state index in [1.54, 1.807) is 6.07 Å². The summed E-state index contributed by atoms with van der Waals surface area (Å²) in [4.78, 5) is 0. The average Bonchev–Trinajstić information content (AvgIpc) is 2.35. The number of rotatable bonds is 6. The lowest BCUT2D eigenvalue weighted by Gasteiger charge is -2.19. The number of alkyl halides is 3. The summed E-state index contributed by atoms with van der Waals surface area (Å²) in [7, 11) is -9.18. The first-order chi connectivity index (χ1) is 9.48. The van der Waals surface area contributed by atoms with Crippen LogP contribution in [0.25, 0.3) is 0 Å². The minimum atomic E-state index is -4.92. The van der Waals surface area contributed by atoms with Crippen LogP contribution in [-0.4, -0.2) is 33.3 Å². The van der Waals surface area contributed by atoms with Crippen LogP contribution < -0.4 is 4.72 Å². The monoisotopic (exact) mass is 345 g/mol. The topological polar surface area (TPSA) is 80.3 Å². The fraction of sp³-hybridized carbons (Fsp3) is 0.455. The Labute approximate surface area is 121 Å². The van der Waals surface area contributed by atoms with Gasteiger partial charge in [0.25, 0.3) is 10.0 Å². The first-order valence-electron chi connectivity index (χ1n) is 5.83. The summed E-state index contributed by atoms with van der Waals surface area (Å²) >= 11 is 0. The number of nitrogens with one attached hydrogen (secondary N) is 1. The van der Waals surface area contributed by atoms with E-state index >= 15 is 0 Å². The van der Waals surface area contributed by atoms with Crippen molar-refractivity contribution in [2.24, 2.45) is 0 Å². The molecule has 1 unspecified atom stereocenters. The van der Waals surface area contributed by atoms with Gasteiger partial charge in [-0.25, -0.2) is 16.8 Å². The number of anilines is 1. The zero-order valence-corrected chi connectivity index (χ0v) is 12.6. The third kappa shape index (κ3) is 5.20.